The summed E-state index contributed by atoms with van der Waals surface area (Å²) in [5, 5.41) is 3.37. The van der Waals surface area contributed by atoms with Crippen LogP contribution in [-0.2, 0) is 9.53 Å². The fraction of sp³-hybridized carbons (Fsp3) is 0.938. The predicted molar refractivity (Wildman–Crippen MR) is 80.6 cm³/mol. The molecule has 1 amide bonds. The third kappa shape index (κ3) is 4.45. The van der Waals surface area contributed by atoms with Gasteiger partial charge in [0.05, 0.1) is 13.2 Å². The van der Waals surface area contributed by atoms with Gasteiger partial charge in [-0.3, -0.25) is 4.79 Å². The first-order valence-electron chi connectivity index (χ1n) is 8.05. The van der Waals surface area contributed by atoms with Crippen molar-refractivity contribution in [1.29, 1.82) is 0 Å². The maximum absolute atomic E-state index is 12.4. The Kier molecular flexibility index (Phi) is 5.44. The van der Waals surface area contributed by atoms with Crippen molar-refractivity contribution in [3.63, 3.8) is 0 Å². The van der Waals surface area contributed by atoms with E-state index in [1.165, 1.54) is 6.42 Å². The van der Waals surface area contributed by atoms with E-state index in [9.17, 15) is 4.79 Å². The molecule has 4 nitrogen and oxygen atoms in total. The van der Waals surface area contributed by atoms with Crippen molar-refractivity contribution >= 4 is 5.91 Å². The maximum Gasteiger partial charge on any atom is 0.224 e. The number of likely N-dealkylation sites (tertiary alicyclic amines) is 1. The Morgan fingerprint density at radius 3 is 2.75 bits per heavy atom. The molecule has 2 unspecified atom stereocenters. The quantitative estimate of drug-likeness (QED) is 0.843. The molecule has 2 aliphatic rings. The average Bonchev–Trinajstić information content (AvgIpc) is 2.65. The van der Waals surface area contributed by atoms with Crippen LogP contribution in [0.2, 0.25) is 0 Å². The summed E-state index contributed by atoms with van der Waals surface area (Å²) in [5.41, 5.74) is 0.359. The fourth-order valence-corrected chi connectivity index (χ4v) is 3.30. The van der Waals surface area contributed by atoms with E-state index in [0.717, 1.165) is 45.0 Å². The van der Waals surface area contributed by atoms with Crippen LogP contribution in [0, 0.1) is 11.3 Å². The van der Waals surface area contributed by atoms with Crippen LogP contribution < -0.4 is 5.32 Å². The number of nitrogens with zero attached hydrogens (tertiary/aromatic N) is 1. The second kappa shape index (κ2) is 6.90. The molecular weight excluding hydrogens is 252 g/mol. The van der Waals surface area contributed by atoms with E-state index in [4.69, 9.17) is 4.74 Å². The molecule has 0 bridgehead atoms. The number of morpholine rings is 1. The number of carbonyl (C=O) groups excluding carboxylic acids is 1. The Morgan fingerprint density at radius 2 is 2.10 bits per heavy atom. The summed E-state index contributed by atoms with van der Waals surface area (Å²) in [5.74, 6) is 1.03. The zero-order valence-electron chi connectivity index (χ0n) is 13.3. The van der Waals surface area contributed by atoms with Crippen molar-refractivity contribution in [3.8, 4) is 0 Å². The van der Waals surface area contributed by atoms with Crippen molar-refractivity contribution in [2.75, 3.05) is 32.8 Å². The van der Waals surface area contributed by atoms with E-state index in [-0.39, 0.29) is 6.04 Å². The first kappa shape index (κ1) is 15.8. The van der Waals surface area contributed by atoms with Crippen LogP contribution in [0.4, 0.5) is 0 Å². The van der Waals surface area contributed by atoms with Gasteiger partial charge in [-0.2, -0.15) is 0 Å². The van der Waals surface area contributed by atoms with Gasteiger partial charge in [0.1, 0.15) is 0 Å². The summed E-state index contributed by atoms with van der Waals surface area (Å²) >= 11 is 0. The molecule has 0 aromatic heterocycles. The van der Waals surface area contributed by atoms with Crippen molar-refractivity contribution < 1.29 is 9.53 Å². The van der Waals surface area contributed by atoms with Crippen molar-refractivity contribution in [1.82, 2.24) is 10.2 Å². The molecular formula is C16H30N2O2. The first-order valence-corrected chi connectivity index (χ1v) is 8.05. The minimum atomic E-state index is 0.206. The standard InChI is InChI=1S/C16H30N2O2/c1-16(2,3)13-5-4-8-18(9-6-13)15(19)11-14-12-20-10-7-17-14/h13-14,17H,4-12H2,1-3H3. The largest absolute Gasteiger partial charge is 0.378 e. The molecule has 2 fully saturated rings. The lowest BCUT2D eigenvalue weighted by molar-refractivity contribution is -0.132. The van der Waals surface area contributed by atoms with Gasteiger partial charge in [0.25, 0.3) is 0 Å². The lowest BCUT2D eigenvalue weighted by atomic mass is 9.77. The van der Waals surface area contributed by atoms with Crippen LogP contribution in [-0.4, -0.2) is 49.7 Å². The molecule has 2 rings (SSSR count). The van der Waals surface area contributed by atoms with Gasteiger partial charge >= 0.3 is 0 Å². The molecule has 0 aromatic carbocycles. The minimum absolute atomic E-state index is 0.206. The van der Waals surface area contributed by atoms with Crippen molar-refractivity contribution in [3.05, 3.63) is 0 Å². The van der Waals surface area contributed by atoms with Crippen LogP contribution in [0.25, 0.3) is 0 Å². The lowest BCUT2D eigenvalue weighted by Crippen LogP contribution is -2.45. The number of hydrogen-bond acceptors (Lipinski definition) is 3. The van der Waals surface area contributed by atoms with Gasteiger partial charge in [0, 0.05) is 32.1 Å². The van der Waals surface area contributed by atoms with Gasteiger partial charge in [-0.1, -0.05) is 20.8 Å². The zero-order valence-corrected chi connectivity index (χ0v) is 13.3. The van der Waals surface area contributed by atoms with Gasteiger partial charge in [0.15, 0.2) is 0 Å². The van der Waals surface area contributed by atoms with Crippen LogP contribution in [0.15, 0.2) is 0 Å². The summed E-state index contributed by atoms with van der Waals surface area (Å²) in [6.45, 7) is 11.1. The smallest absolute Gasteiger partial charge is 0.224 e. The highest BCUT2D eigenvalue weighted by atomic mass is 16.5. The summed E-state index contributed by atoms with van der Waals surface area (Å²) in [4.78, 5) is 14.5. The monoisotopic (exact) mass is 282 g/mol. The third-order valence-corrected chi connectivity index (χ3v) is 4.73. The second-order valence-electron chi connectivity index (χ2n) is 7.30. The topological polar surface area (TPSA) is 41.6 Å². The second-order valence-corrected chi connectivity index (χ2v) is 7.30. The Bertz CT molecular complexity index is 319. The summed E-state index contributed by atoms with van der Waals surface area (Å²) < 4.78 is 5.42. The summed E-state index contributed by atoms with van der Waals surface area (Å²) in [6, 6.07) is 0.206. The highest BCUT2D eigenvalue weighted by Gasteiger charge is 2.29. The lowest BCUT2D eigenvalue weighted by Gasteiger charge is -2.30. The summed E-state index contributed by atoms with van der Waals surface area (Å²) in [7, 11) is 0. The van der Waals surface area contributed by atoms with Crippen LogP contribution in [0.3, 0.4) is 0 Å². The van der Waals surface area contributed by atoms with E-state index in [2.05, 4.69) is 31.0 Å². The van der Waals surface area contributed by atoms with E-state index in [0.29, 0.717) is 24.3 Å². The molecule has 2 aliphatic heterocycles. The van der Waals surface area contributed by atoms with Crippen LogP contribution in [0.1, 0.15) is 46.5 Å². The normalized spacial score (nSPS) is 29.1. The van der Waals surface area contributed by atoms with Gasteiger partial charge < -0.3 is 15.0 Å². The predicted octanol–water partition coefficient (Wildman–Crippen LogP) is 2.04. The average molecular weight is 282 g/mol. The van der Waals surface area contributed by atoms with Gasteiger partial charge in [0.2, 0.25) is 5.91 Å². The zero-order chi connectivity index (χ0) is 14.6. The molecule has 0 radical (unpaired) electrons. The Hall–Kier alpha value is -0.610. The molecule has 2 heterocycles. The molecule has 0 aliphatic carbocycles. The van der Waals surface area contributed by atoms with E-state index < -0.39 is 0 Å². The Labute approximate surface area is 123 Å². The number of nitrogens with one attached hydrogen (secondary N) is 1. The van der Waals surface area contributed by atoms with Crippen molar-refractivity contribution in [2.45, 2.75) is 52.5 Å². The fourth-order valence-electron chi connectivity index (χ4n) is 3.30. The molecule has 1 N–H and O–H groups in total. The summed E-state index contributed by atoms with van der Waals surface area (Å²) in [6.07, 6.45) is 4.12. The van der Waals surface area contributed by atoms with E-state index in [1.807, 2.05) is 0 Å². The molecule has 4 heteroatoms. The number of amides is 1. The molecule has 0 spiro atoms. The molecule has 116 valence electrons. The molecule has 0 aromatic rings. The highest BCUT2D eigenvalue weighted by molar-refractivity contribution is 5.76. The number of hydrogen-bond donors (Lipinski definition) is 1. The molecule has 0 saturated carbocycles. The number of carbonyl (C=O) groups is 1. The minimum Gasteiger partial charge on any atom is -0.378 e. The highest BCUT2D eigenvalue weighted by Crippen LogP contribution is 2.34. The van der Waals surface area contributed by atoms with Gasteiger partial charge in [-0.25, -0.2) is 0 Å². The molecule has 20 heavy (non-hydrogen) atoms. The first-order chi connectivity index (χ1) is 9.47. The third-order valence-electron chi connectivity index (χ3n) is 4.73. The molecule has 2 saturated heterocycles. The van der Waals surface area contributed by atoms with E-state index in [1.54, 1.807) is 0 Å². The molecule has 2 atom stereocenters. The van der Waals surface area contributed by atoms with Crippen molar-refractivity contribution in [2.24, 2.45) is 11.3 Å². The van der Waals surface area contributed by atoms with Crippen LogP contribution in [0.5, 0.6) is 0 Å². The Balaban J connectivity index is 1.81. The SMILES string of the molecule is CC(C)(C)C1CCCN(C(=O)CC2COCCN2)CC1. The number of rotatable bonds is 2. The van der Waals surface area contributed by atoms with Gasteiger partial charge in [-0.15, -0.1) is 0 Å². The van der Waals surface area contributed by atoms with Gasteiger partial charge in [-0.05, 0) is 30.6 Å². The number of ether oxygens (including phenoxy) is 1. The Morgan fingerprint density at radius 1 is 1.30 bits per heavy atom. The van der Waals surface area contributed by atoms with Crippen LogP contribution >= 0.6 is 0 Å². The maximum atomic E-state index is 12.4. The van der Waals surface area contributed by atoms with E-state index >= 15 is 0 Å².